The zero-order valence-corrected chi connectivity index (χ0v) is 14.0. The van der Waals surface area contributed by atoms with Gasteiger partial charge in [-0.3, -0.25) is 4.90 Å². The molecular formula is C17H25N3S. The third kappa shape index (κ3) is 4.63. The Morgan fingerprint density at radius 2 is 1.90 bits per heavy atom. The molecule has 114 valence electrons. The van der Waals surface area contributed by atoms with Crippen LogP contribution in [0.25, 0.3) is 0 Å². The Morgan fingerprint density at radius 1 is 1.19 bits per heavy atom. The van der Waals surface area contributed by atoms with Crippen LogP contribution in [0.2, 0.25) is 0 Å². The van der Waals surface area contributed by atoms with Crippen LogP contribution in [0, 0.1) is 6.92 Å². The Kier molecular flexibility index (Phi) is 6.36. The molecule has 2 aromatic rings. The van der Waals surface area contributed by atoms with Crippen LogP contribution in [0.15, 0.2) is 35.7 Å². The molecule has 3 nitrogen and oxygen atoms in total. The molecule has 0 spiro atoms. The normalized spacial score (nSPS) is 12.8. The Labute approximate surface area is 132 Å². The van der Waals surface area contributed by atoms with Gasteiger partial charge in [0.15, 0.2) is 0 Å². The number of likely N-dealkylation sites (N-methyl/N-ethyl adjacent to an activating group) is 1. The van der Waals surface area contributed by atoms with E-state index in [9.17, 15) is 0 Å². The first-order chi connectivity index (χ1) is 10.2. The van der Waals surface area contributed by atoms with E-state index in [0.29, 0.717) is 6.04 Å². The van der Waals surface area contributed by atoms with Crippen LogP contribution in [0.1, 0.15) is 36.2 Å². The van der Waals surface area contributed by atoms with Gasteiger partial charge >= 0.3 is 0 Å². The Balaban J connectivity index is 1.99. The average Bonchev–Trinajstić information content (AvgIpc) is 2.93. The molecule has 1 aromatic heterocycles. The third-order valence-electron chi connectivity index (χ3n) is 3.72. The number of aryl methyl sites for hydroxylation is 1. The maximum atomic E-state index is 4.51. The number of aromatic nitrogens is 1. The molecule has 0 saturated heterocycles. The molecule has 1 N–H and O–H groups in total. The van der Waals surface area contributed by atoms with E-state index in [1.807, 2.05) is 6.92 Å². The van der Waals surface area contributed by atoms with Gasteiger partial charge in [0.2, 0.25) is 0 Å². The summed E-state index contributed by atoms with van der Waals surface area (Å²) in [6, 6.07) is 11.2. The molecule has 1 heterocycles. The molecule has 0 aliphatic heterocycles. The van der Waals surface area contributed by atoms with Crippen LogP contribution in [0.5, 0.6) is 0 Å². The van der Waals surface area contributed by atoms with Crippen molar-refractivity contribution in [3.63, 3.8) is 0 Å². The van der Waals surface area contributed by atoms with Crippen LogP contribution in [-0.2, 0) is 6.54 Å². The van der Waals surface area contributed by atoms with Gasteiger partial charge in [0.05, 0.1) is 0 Å². The molecule has 1 unspecified atom stereocenters. The molecule has 0 aliphatic rings. The number of hydrogen-bond acceptors (Lipinski definition) is 4. The highest BCUT2D eigenvalue weighted by Gasteiger charge is 2.17. The molecule has 0 radical (unpaired) electrons. The average molecular weight is 303 g/mol. The predicted octanol–water partition coefficient (Wildman–Crippen LogP) is 3.62. The van der Waals surface area contributed by atoms with E-state index < -0.39 is 0 Å². The van der Waals surface area contributed by atoms with E-state index in [1.54, 1.807) is 11.3 Å². The monoisotopic (exact) mass is 303 g/mol. The molecule has 0 amide bonds. The number of hydrogen-bond donors (Lipinski definition) is 1. The van der Waals surface area contributed by atoms with Crippen molar-refractivity contribution >= 4 is 11.3 Å². The van der Waals surface area contributed by atoms with Crippen molar-refractivity contribution < 1.29 is 0 Å². The number of thiazole rings is 1. The maximum absolute atomic E-state index is 4.51. The standard InChI is InChI=1S/C17H25N3S/c1-4-20(5-2)16(15-9-7-6-8-10-15)11-18-12-17-19-14(3)13-21-17/h6-10,13,16,18H,4-5,11-12H2,1-3H3. The minimum Gasteiger partial charge on any atom is -0.309 e. The first-order valence-corrected chi connectivity index (χ1v) is 8.53. The molecule has 0 bridgehead atoms. The van der Waals surface area contributed by atoms with E-state index in [-0.39, 0.29) is 0 Å². The van der Waals surface area contributed by atoms with Crippen molar-refractivity contribution in [2.24, 2.45) is 0 Å². The summed E-state index contributed by atoms with van der Waals surface area (Å²) in [5.74, 6) is 0. The lowest BCUT2D eigenvalue weighted by atomic mass is 10.1. The molecule has 0 saturated carbocycles. The van der Waals surface area contributed by atoms with Crippen molar-refractivity contribution in [2.45, 2.75) is 33.4 Å². The third-order valence-corrected chi connectivity index (χ3v) is 4.68. The topological polar surface area (TPSA) is 28.2 Å². The molecule has 0 fully saturated rings. The van der Waals surface area contributed by atoms with Gasteiger partial charge in [-0.1, -0.05) is 44.2 Å². The predicted molar refractivity (Wildman–Crippen MR) is 90.7 cm³/mol. The van der Waals surface area contributed by atoms with Crippen LogP contribution in [0.3, 0.4) is 0 Å². The smallest absolute Gasteiger partial charge is 0.107 e. The van der Waals surface area contributed by atoms with Crippen molar-refractivity contribution in [1.29, 1.82) is 0 Å². The fraction of sp³-hybridized carbons (Fsp3) is 0.471. The number of rotatable bonds is 8. The zero-order chi connectivity index (χ0) is 15.1. The molecule has 21 heavy (non-hydrogen) atoms. The van der Waals surface area contributed by atoms with Crippen molar-refractivity contribution in [3.8, 4) is 0 Å². The van der Waals surface area contributed by atoms with Gasteiger partial charge in [0, 0.05) is 30.2 Å². The number of nitrogens with one attached hydrogen (secondary N) is 1. The Hall–Kier alpha value is -1.23. The summed E-state index contributed by atoms with van der Waals surface area (Å²) in [5.41, 5.74) is 2.49. The van der Waals surface area contributed by atoms with Crippen molar-refractivity contribution in [2.75, 3.05) is 19.6 Å². The summed E-state index contributed by atoms with van der Waals surface area (Å²) in [4.78, 5) is 7.00. The van der Waals surface area contributed by atoms with Gasteiger partial charge in [-0.15, -0.1) is 11.3 Å². The first kappa shape index (κ1) is 16.1. The SMILES string of the molecule is CCN(CC)C(CNCc1nc(C)cs1)c1ccccc1. The second kappa shape index (κ2) is 8.27. The van der Waals surface area contributed by atoms with Crippen LogP contribution < -0.4 is 5.32 Å². The molecule has 2 rings (SSSR count). The van der Waals surface area contributed by atoms with Gasteiger partial charge in [-0.05, 0) is 25.6 Å². The van der Waals surface area contributed by atoms with Gasteiger partial charge < -0.3 is 5.32 Å². The van der Waals surface area contributed by atoms with Gasteiger partial charge in [-0.25, -0.2) is 4.98 Å². The summed E-state index contributed by atoms with van der Waals surface area (Å²) in [5, 5.41) is 6.84. The summed E-state index contributed by atoms with van der Waals surface area (Å²) in [6.45, 7) is 10.4. The van der Waals surface area contributed by atoms with Gasteiger partial charge in [0.25, 0.3) is 0 Å². The lowest BCUT2D eigenvalue weighted by molar-refractivity contribution is 0.213. The molecule has 4 heteroatoms. The maximum Gasteiger partial charge on any atom is 0.107 e. The number of benzene rings is 1. The second-order valence-electron chi connectivity index (χ2n) is 5.16. The van der Waals surface area contributed by atoms with Crippen LogP contribution in [0.4, 0.5) is 0 Å². The first-order valence-electron chi connectivity index (χ1n) is 7.65. The zero-order valence-electron chi connectivity index (χ0n) is 13.2. The van der Waals surface area contributed by atoms with E-state index in [2.05, 4.69) is 64.8 Å². The highest BCUT2D eigenvalue weighted by atomic mass is 32.1. The largest absolute Gasteiger partial charge is 0.309 e. The summed E-state index contributed by atoms with van der Waals surface area (Å²) >= 11 is 1.73. The van der Waals surface area contributed by atoms with Gasteiger partial charge in [0.1, 0.15) is 5.01 Å². The number of nitrogens with zero attached hydrogens (tertiary/aromatic N) is 2. The van der Waals surface area contributed by atoms with E-state index in [0.717, 1.165) is 31.9 Å². The fourth-order valence-electron chi connectivity index (χ4n) is 2.60. The molecule has 1 atom stereocenters. The van der Waals surface area contributed by atoms with E-state index in [4.69, 9.17) is 0 Å². The Bertz CT molecular complexity index is 520. The minimum atomic E-state index is 0.419. The highest BCUT2D eigenvalue weighted by molar-refractivity contribution is 7.09. The van der Waals surface area contributed by atoms with Crippen molar-refractivity contribution in [3.05, 3.63) is 52.0 Å². The van der Waals surface area contributed by atoms with Crippen LogP contribution in [-0.4, -0.2) is 29.5 Å². The van der Waals surface area contributed by atoms with E-state index in [1.165, 1.54) is 10.6 Å². The van der Waals surface area contributed by atoms with Crippen LogP contribution >= 0.6 is 11.3 Å². The Morgan fingerprint density at radius 3 is 2.48 bits per heavy atom. The summed E-state index contributed by atoms with van der Waals surface area (Å²) in [7, 11) is 0. The lowest BCUT2D eigenvalue weighted by Gasteiger charge is -2.30. The summed E-state index contributed by atoms with van der Waals surface area (Å²) < 4.78 is 0. The summed E-state index contributed by atoms with van der Waals surface area (Å²) in [6.07, 6.45) is 0. The second-order valence-corrected chi connectivity index (χ2v) is 6.10. The molecular weight excluding hydrogens is 278 g/mol. The van der Waals surface area contributed by atoms with E-state index >= 15 is 0 Å². The highest BCUT2D eigenvalue weighted by Crippen LogP contribution is 2.19. The van der Waals surface area contributed by atoms with Gasteiger partial charge in [-0.2, -0.15) is 0 Å². The quantitative estimate of drug-likeness (QED) is 0.807. The molecule has 0 aliphatic carbocycles. The minimum absolute atomic E-state index is 0.419. The lowest BCUT2D eigenvalue weighted by Crippen LogP contribution is -2.35. The molecule has 1 aromatic carbocycles. The fourth-order valence-corrected chi connectivity index (χ4v) is 3.34. The van der Waals surface area contributed by atoms with Crippen molar-refractivity contribution in [1.82, 2.24) is 15.2 Å².